The summed E-state index contributed by atoms with van der Waals surface area (Å²) in [7, 11) is 0. The first kappa shape index (κ1) is 20.4. The molecule has 0 radical (unpaired) electrons. The first-order valence-electron chi connectivity index (χ1n) is 10.9. The Labute approximate surface area is 185 Å². The average molecular weight is 431 g/mol. The van der Waals surface area contributed by atoms with E-state index in [-0.39, 0.29) is 23.5 Å². The Morgan fingerprint density at radius 2 is 1.84 bits per heavy atom. The van der Waals surface area contributed by atoms with Crippen molar-refractivity contribution in [3.05, 3.63) is 60.2 Å². The molecule has 32 heavy (non-hydrogen) atoms. The number of fused-ring (bicyclic) bond motifs is 2. The number of benzene rings is 1. The smallest absolute Gasteiger partial charge is 0.241 e. The molecular weight excluding hydrogens is 406 g/mol. The number of pyridine rings is 1. The van der Waals surface area contributed by atoms with Crippen LogP contribution in [0.3, 0.4) is 0 Å². The van der Waals surface area contributed by atoms with Crippen molar-refractivity contribution in [2.45, 2.75) is 38.6 Å². The Morgan fingerprint density at radius 1 is 1.09 bits per heavy atom. The van der Waals surface area contributed by atoms with E-state index < -0.39 is 0 Å². The molecular formula is C24H25N5O3. The van der Waals surface area contributed by atoms with Gasteiger partial charge in [-0.2, -0.15) is 0 Å². The minimum absolute atomic E-state index is 0.148. The number of amides is 1. The van der Waals surface area contributed by atoms with E-state index in [1.807, 2.05) is 53.9 Å². The van der Waals surface area contributed by atoms with Crippen molar-refractivity contribution < 1.29 is 14.0 Å². The average Bonchev–Trinajstić information content (AvgIpc) is 3.41. The second kappa shape index (κ2) is 8.20. The maximum Gasteiger partial charge on any atom is 0.241 e. The molecule has 0 aliphatic carbocycles. The van der Waals surface area contributed by atoms with Gasteiger partial charge in [-0.15, -0.1) is 10.2 Å². The Bertz CT molecular complexity index is 1300. The van der Waals surface area contributed by atoms with E-state index in [1.54, 1.807) is 6.07 Å². The van der Waals surface area contributed by atoms with Gasteiger partial charge in [0.1, 0.15) is 11.4 Å². The number of hydrogen-bond donors (Lipinski definition) is 1. The molecule has 1 unspecified atom stereocenters. The summed E-state index contributed by atoms with van der Waals surface area (Å²) in [5, 5.41) is 12.4. The van der Waals surface area contributed by atoms with Crippen LogP contribution < -0.4 is 5.32 Å². The van der Waals surface area contributed by atoms with Gasteiger partial charge < -0.3 is 9.73 Å². The molecule has 0 spiro atoms. The van der Waals surface area contributed by atoms with Gasteiger partial charge in [-0.1, -0.05) is 18.2 Å². The van der Waals surface area contributed by atoms with Gasteiger partial charge in [0, 0.05) is 24.4 Å². The third-order valence-electron chi connectivity index (χ3n) is 6.33. The minimum Gasteiger partial charge on any atom is -0.451 e. The number of nitrogens with zero attached hydrogens (tertiary/aromatic N) is 4. The fourth-order valence-corrected chi connectivity index (χ4v) is 4.49. The summed E-state index contributed by atoms with van der Waals surface area (Å²) in [5.74, 6) is 1.11. The third-order valence-corrected chi connectivity index (χ3v) is 6.33. The first-order chi connectivity index (χ1) is 15.5. The van der Waals surface area contributed by atoms with Crippen LogP contribution >= 0.6 is 0 Å². The van der Waals surface area contributed by atoms with Gasteiger partial charge in [-0.3, -0.25) is 18.9 Å². The van der Waals surface area contributed by atoms with E-state index in [0.29, 0.717) is 17.2 Å². The van der Waals surface area contributed by atoms with E-state index in [1.165, 1.54) is 6.92 Å². The highest BCUT2D eigenvalue weighted by Gasteiger charge is 2.30. The number of furan rings is 1. The molecule has 0 bridgehead atoms. The number of rotatable bonds is 5. The summed E-state index contributed by atoms with van der Waals surface area (Å²) in [6, 6.07) is 12.9. The van der Waals surface area contributed by atoms with Gasteiger partial charge in [0.05, 0.1) is 11.7 Å². The van der Waals surface area contributed by atoms with Crippen LogP contribution in [0.1, 0.15) is 49.0 Å². The predicted octanol–water partition coefficient (Wildman–Crippen LogP) is 3.88. The SMILES string of the molecule is CC(=O)c1oc2ccccc2c1NC(=O)C(C)N1CCC(c2nnc3ccccn23)CC1. The highest BCUT2D eigenvalue weighted by molar-refractivity contribution is 6.11. The van der Waals surface area contributed by atoms with Crippen LogP contribution in [0.4, 0.5) is 5.69 Å². The van der Waals surface area contributed by atoms with E-state index in [9.17, 15) is 9.59 Å². The van der Waals surface area contributed by atoms with Gasteiger partial charge in [-0.05, 0) is 57.1 Å². The number of piperidine rings is 1. The Morgan fingerprint density at radius 3 is 2.62 bits per heavy atom. The second-order valence-electron chi connectivity index (χ2n) is 8.32. The molecule has 0 saturated carbocycles. The molecule has 4 aromatic rings. The normalized spacial score (nSPS) is 16.4. The predicted molar refractivity (Wildman–Crippen MR) is 121 cm³/mol. The van der Waals surface area contributed by atoms with Crippen LogP contribution in [0.2, 0.25) is 0 Å². The molecule has 3 aromatic heterocycles. The summed E-state index contributed by atoms with van der Waals surface area (Å²) < 4.78 is 7.73. The van der Waals surface area contributed by atoms with Gasteiger partial charge in [0.15, 0.2) is 17.2 Å². The lowest BCUT2D eigenvalue weighted by Gasteiger charge is -2.34. The lowest BCUT2D eigenvalue weighted by Crippen LogP contribution is -2.46. The molecule has 164 valence electrons. The van der Waals surface area contributed by atoms with Gasteiger partial charge in [0.25, 0.3) is 0 Å². The topological polar surface area (TPSA) is 92.7 Å². The van der Waals surface area contributed by atoms with E-state index >= 15 is 0 Å². The van der Waals surface area contributed by atoms with E-state index in [0.717, 1.165) is 42.8 Å². The summed E-state index contributed by atoms with van der Waals surface area (Å²) in [6.07, 6.45) is 3.80. The van der Waals surface area contributed by atoms with Crippen molar-refractivity contribution in [1.29, 1.82) is 0 Å². The van der Waals surface area contributed by atoms with Crippen molar-refractivity contribution in [3.8, 4) is 0 Å². The van der Waals surface area contributed by atoms with Crippen LogP contribution in [0.25, 0.3) is 16.6 Å². The van der Waals surface area contributed by atoms with Crippen molar-refractivity contribution in [2.24, 2.45) is 0 Å². The molecule has 1 aliphatic rings. The summed E-state index contributed by atoms with van der Waals surface area (Å²) in [5.41, 5.74) is 1.89. The fraction of sp³-hybridized carbons (Fsp3) is 0.333. The molecule has 1 aromatic carbocycles. The third kappa shape index (κ3) is 3.56. The number of anilines is 1. The monoisotopic (exact) mass is 431 g/mol. The van der Waals surface area contributed by atoms with Crippen molar-refractivity contribution in [3.63, 3.8) is 0 Å². The lowest BCUT2D eigenvalue weighted by molar-refractivity contribution is -0.121. The Kier molecular flexibility index (Phi) is 5.22. The fourth-order valence-electron chi connectivity index (χ4n) is 4.49. The zero-order valence-electron chi connectivity index (χ0n) is 18.1. The number of carbonyl (C=O) groups excluding carboxylic acids is 2. The largest absolute Gasteiger partial charge is 0.451 e. The zero-order valence-corrected chi connectivity index (χ0v) is 18.1. The summed E-state index contributed by atoms with van der Waals surface area (Å²) in [4.78, 5) is 27.3. The molecule has 5 rings (SSSR count). The molecule has 1 atom stereocenters. The maximum atomic E-state index is 13.1. The second-order valence-corrected chi connectivity index (χ2v) is 8.32. The van der Waals surface area contributed by atoms with Crippen molar-refractivity contribution in [2.75, 3.05) is 18.4 Å². The molecule has 1 saturated heterocycles. The Hall–Kier alpha value is -3.52. The van der Waals surface area contributed by atoms with E-state index in [4.69, 9.17) is 4.42 Å². The number of Topliss-reactive ketones (excluding diaryl/α,β-unsaturated/α-hetero) is 1. The number of nitrogens with one attached hydrogen (secondary N) is 1. The number of ketones is 1. The van der Waals surface area contributed by atoms with Crippen molar-refractivity contribution >= 4 is 34.0 Å². The number of para-hydroxylation sites is 1. The quantitative estimate of drug-likeness (QED) is 0.482. The molecule has 1 fully saturated rings. The highest BCUT2D eigenvalue weighted by Crippen LogP contribution is 2.32. The number of hydrogen-bond acceptors (Lipinski definition) is 6. The van der Waals surface area contributed by atoms with Crippen LogP contribution in [0.15, 0.2) is 53.1 Å². The molecule has 1 N–H and O–H groups in total. The van der Waals surface area contributed by atoms with Crippen molar-refractivity contribution in [1.82, 2.24) is 19.5 Å². The summed E-state index contributed by atoms with van der Waals surface area (Å²) >= 11 is 0. The molecule has 4 heterocycles. The Balaban J connectivity index is 1.28. The van der Waals surface area contributed by atoms with Gasteiger partial charge in [-0.25, -0.2) is 0 Å². The van der Waals surface area contributed by atoms with Gasteiger partial charge in [0.2, 0.25) is 5.91 Å². The molecule has 8 nitrogen and oxygen atoms in total. The zero-order chi connectivity index (χ0) is 22.2. The van der Waals surface area contributed by atoms with Crippen LogP contribution in [-0.2, 0) is 4.79 Å². The standard InChI is InChI=1S/C24H25N5O3/c1-15(24(31)25-21-18-7-3-4-8-19(18)32-22(21)16(2)30)28-13-10-17(11-14-28)23-27-26-20-9-5-6-12-29(20)23/h3-9,12,15,17H,10-11,13-14H2,1-2H3,(H,25,31). The molecule has 1 aliphatic heterocycles. The highest BCUT2D eigenvalue weighted by atomic mass is 16.3. The molecule has 1 amide bonds. The number of likely N-dealkylation sites (tertiary alicyclic amines) is 1. The number of carbonyl (C=O) groups is 2. The lowest BCUT2D eigenvalue weighted by atomic mass is 9.95. The van der Waals surface area contributed by atoms with Crippen LogP contribution in [0, 0.1) is 0 Å². The van der Waals surface area contributed by atoms with Crippen LogP contribution in [0.5, 0.6) is 0 Å². The van der Waals surface area contributed by atoms with Crippen LogP contribution in [-0.4, -0.2) is 50.3 Å². The maximum absolute atomic E-state index is 13.1. The minimum atomic E-state index is -0.334. The molecule has 8 heteroatoms. The number of aromatic nitrogens is 3. The van der Waals surface area contributed by atoms with Gasteiger partial charge >= 0.3 is 0 Å². The van der Waals surface area contributed by atoms with E-state index in [2.05, 4.69) is 20.4 Å². The first-order valence-corrected chi connectivity index (χ1v) is 10.9. The summed E-state index contributed by atoms with van der Waals surface area (Å²) in [6.45, 7) is 4.91.